The summed E-state index contributed by atoms with van der Waals surface area (Å²) in [4.78, 5) is 8.72. The van der Waals surface area contributed by atoms with E-state index >= 15 is 0 Å². The van der Waals surface area contributed by atoms with Crippen LogP contribution in [-0.2, 0) is 6.54 Å². The summed E-state index contributed by atoms with van der Waals surface area (Å²) < 4.78 is 1.85. The summed E-state index contributed by atoms with van der Waals surface area (Å²) in [5.41, 5.74) is 2.71. The van der Waals surface area contributed by atoms with Crippen LogP contribution in [0.25, 0.3) is 22.3 Å². The zero-order chi connectivity index (χ0) is 13.4. The number of nitrogens with one attached hydrogen (secondary N) is 1. The summed E-state index contributed by atoms with van der Waals surface area (Å²) in [6.07, 6.45) is 5.66. The molecule has 4 heterocycles. The third-order valence-electron chi connectivity index (χ3n) is 3.13. The average Bonchev–Trinajstić information content (AvgIpc) is 3.19. The minimum absolute atomic E-state index is 0.754. The Kier molecular flexibility index (Phi) is 2.60. The summed E-state index contributed by atoms with van der Waals surface area (Å²) in [6.45, 7) is 0.754. The molecule has 0 aliphatic carbocycles. The molecule has 0 aliphatic heterocycles. The molecule has 0 atom stereocenters. The second-order valence-electron chi connectivity index (χ2n) is 4.52. The lowest BCUT2D eigenvalue weighted by atomic mass is 10.2. The highest BCUT2D eigenvalue weighted by atomic mass is 32.1. The van der Waals surface area contributed by atoms with Crippen molar-refractivity contribution in [2.24, 2.45) is 0 Å². The van der Waals surface area contributed by atoms with Crippen molar-refractivity contribution in [3.8, 4) is 11.3 Å². The van der Waals surface area contributed by atoms with Crippen LogP contribution >= 0.6 is 11.3 Å². The number of fused-ring (bicyclic) bond motifs is 1. The van der Waals surface area contributed by atoms with Gasteiger partial charge in [0.2, 0.25) is 0 Å². The Bertz CT molecular complexity index is 843. The van der Waals surface area contributed by atoms with Crippen molar-refractivity contribution in [2.45, 2.75) is 6.54 Å². The van der Waals surface area contributed by atoms with E-state index in [-0.39, 0.29) is 0 Å². The van der Waals surface area contributed by atoms with E-state index in [1.165, 1.54) is 4.88 Å². The molecule has 1 N–H and O–H groups in total. The standard InChI is InChI=1S/C14H11N5S/c1-2-12(20-5-1)8-19-9-13(17-18-19)11-6-10-3-4-15-14(10)16-7-11/h1-7,9H,8H2,(H,15,16). The van der Waals surface area contributed by atoms with E-state index in [9.17, 15) is 0 Å². The fourth-order valence-corrected chi connectivity index (χ4v) is 2.85. The summed E-state index contributed by atoms with van der Waals surface area (Å²) in [6, 6.07) is 8.21. The molecule has 20 heavy (non-hydrogen) atoms. The number of aromatic amines is 1. The largest absolute Gasteiger partial charge is 0.346 e. The number of aromatic nitrogens is 5. The molecule has 4 aromatic heterocycles. The van der Waals surface area contributed by atoms with Gasteiger partial charge in [-0.1, -0.05) is 11.3 Å². The Labute approximate surface area is 118 Å². The van der Waals surface area contributed by atoms with E-state index in [0.717, 1.165) is 28.8 Å². The van der Waals surface area contributed by atoms with Crippen LogP contribution in [0.5, 0.6) is 0 Å². The van der Waals surface area contributed by atoms with Crippen molar-refractivity contribution >= 4 is 22.4 Å². The smallest absolute Gasteiger partial charge is 0.137 e. The molecule has 0 spiro atoms. The molecule has 4 rings (SSSR count). The number of hydrogen-bond acceptors (Lipinski definition) is 4. The number of H-pyrrole nitrogens is 1. The van der Waals surface area contributed by atoms with Crippen LogP contribution in [0, 0.1) is 0 Å². The van der Waals surface area contributed by atoms with Gasteiger partial charge in [0.25, 0.3) is 0 Å². The van der Waals surface area contributed by atoms with Gasteiger partial charge in [0.1, 0.15) is 11.3 Å². The maximum Gasteiger partial charge on any atom is 0.137 e. The topological polar surface area (TPSA) is 59.4 Å². The molecule has 0 aromatic carbocycles. The fraction of sp³-hybridized carbons (Fsp3) is 0.0714. The number of rotatable bonds is 3. The van der Waals surface area contributed by atoms with Crippen LogP contribution in [0.2, 0.25) is 0 Å². The second-order valence-corrected chi connectivity index (χ2v) is 5.55. The van der Waals surface area contributed by atoms with Crippen molar-refractivity contribution in [1.29, 1.82) is 0 Å². The van der Waals surface area contributed by atoms with Crippen molar-refractivity contribution < 1.29 is 0 Å². The van der Waals surface area contributed by atoms with Gasteiger partial charge in [0, 0.05) is 28.2 Å². The average molecular weight is 281 g/mol. The first-order valence-electron chi connectivity index (χ1n) is 6.24. The molecule has 0 amide bonds. The molecule has 98 valence electrons. The van der Waals surface area contributed by atoms with Gasteiger partial charge in [-0.3, -0.25) is 0 Å². The zero-order valence-electron chi connectivity index (χ0n) is 10.5. The number of nitrogens with zero attached hydrogens (tertiary/aromatic N) is 4. The van der Waals surface area contributed by atoms with E-state index in [2.05, 4.69) is 37.8 Å². The molecule has 6 heteroatoms. The molecule has 0 saturated heterocycles. The number of hydrogen-bond donors (Lipinski definition) is 1. The Morgan fingerprint density at radius 3 is 3.20 bits per heavy atom. The highest BCUT2D eigenvalue weighted by Crippen LogP contribution is 2.20. The third kappa shape index (κ3) is 2.00. The van der Waals surface area contributed by atoms with E-state index in [1.807, 2.05) is 35.4 Å². The highest BCUT2D eigenvalue weighted by molar-refractivity contribution is 7.09. The van der Waals surface area contributed by atoms with Crippen LogP contribution in [0.3, 0.4) is 0 Å². The SMILES string of the molecule is c1csc(Cn2cc(-c3cnc4[nH]ccc4c3)nn2)c1. The minimum atomic E-state index is 0.754. The van der Waals surface area contributed by atoms with Gasteiger partial charge >= 0.3 is 0 Å². The van der Waals surface area contributed by atoms with Gasteiger partial charge < -0.3 is 4.98 Å². The maximum atomic E-state index is 4.37. The molecule has 0 fully saturated rings. The first-order chi connectivity index (χ1) is 9.88. The van der Waals surface area contributed by atoms with Gasteiger partial charge in [-0.2, -0.15) is 0 Å². The third-order valence-corrected chi connectivity index (χ3v) is 3.99. The summed E-state index contributed by atoms with van der Waals surface area (Å²) in [7, 11) is 0. The van der Waals surface area contributed by atoms with Crippen LogP contribution in [0.15, 0.2) is 48.2 Å². The highest BCUT2D eigenvalue weighted by Gasteiger charge is 2.06. The van der Waals surface area contributed by atoms with E-state index < -0.39 is 0 Å². The van der Waals surface area contributed by atoms with Gasteiger partial charge in [0.05, 0.1) is 12.7 Å². The maximum absolute atomic E-state index is 4.37. The summed E-state index contributed by atoms with van der Waals surface area (Å²) in [5, 5.41) is 11.5. The van der Waals surface area contributed by atoms with Gasteiger partial charge in [-0.05, 0) is 23.6 Å². The van der Waals surface area contributed by atoms with E-state index in [4.69, 9.17) is 0 Å². The molecular weight excluding hydrogens is 270 g/mol. The first-order valence-corrected chi connectivity index (χ1v) is 7.12. The summed E-state index contributed by atoms with van der Waals surface area (Å²) in [5.74, 6) is 0. The van der Waals surface area contributed by atoms with Crippen molar-refractivity contribution in [3.63, 3.8) is 0 Å². The van der Waals surface area contributed by atoms with Gasteiger partial charge in [-0.25, -0.2) is 9.67 Å². The predicted octanol–water partition coefficient (Wildman–Crippen LogP) is 2.93. The lowest BCUT2D eigenvalue weighted by Gasteiger charge is -1.96. The molecule has 0 unspecified atom stereocenters. The van der Waals surface area contributed by atoms with Crippen LogP contribution in [-0.4, -0.2) is 25.0 Å². The van der Waals surface area contributed by atoms with Crippen LogP contribution in [0.4, 0.5) is 0 Å². The Hall–Kier alpha value is -2.47. The van der Waals surface area contributed by atoms with Crippen molar-refractivity contribution in [1.82, 2.24) is 25.0 Å². The molecule has 4 aromatic rings. The van der Waals surface area contributed by atoms with Gasteiger partial charge in [-0.15, -0.1) is 16.4 Å². The van der Waals surface area contributed by atoms with E-state index in [1.54, 1.807) is 11.3 Å². The molecule has 5 nitrogen and oxygen atoms in total. The fourth-order valence-electron chi connectivity index (χ4n) is 2.15. The minimum Gasteiger partial charge on any atom is -0.346 e. The van der Waals surface area contributed by atoms with Crippen LogP contribution < -0.4 is 0 Å². The Balaban J connectivity index is 1.66. The molecule has 0 radical (unpaired) electrons. The van der Waals surface area contributed by atoms with Crippen molar-refractivity contribution in [2.75, 3.05) is 0 Å². The zero-order valence-corrected chi connectivity index (χ0v) is 11.3. The lowest BCUT2D eigenvalue weighted by Crippen LogP contribution is -1.97. The first kappa shape index (κ1) is 11.4. The van der Waals surface area contributed by atoms with Gasteiger partial charge in [0.15, 0.2) is 0 Å². The molecular formula is C14H11N5S. The number of pyridine rings is 1. The predicted molar refractivity (Wildman–Crippen MR) is 78.5 cm³/mol. The van der Waals surface area contributed by atoms with Crippen molar-refractivity contribution in [3.05, 3.63) is 53.1 Å². The normalized spacial score (nSPS) is 11.2. The molecule has 0 saturated carbocycles. The summed E-state index contributed by atoms with van der Waals surface area (Å²) >= 11 is 1.72. The molecule has 0 bridgehead atoms. The monoisotopic (exact) mass is 281 g/mol. The Morgan fingerprint density at radius 2 is 2.30 bits per heavy atom. The number of thiophene rings is 1. The van der Waals surface area contributed by atoms with E-state index in [0.29, 0.717) is 0 Å². The Morgan fingerprint density at radius 1 is 1.30 bits per heavy atom. The molecule has 0 aliphatic rings. The lowest BCUT2D eigenvalue weighted by molar-refractivity contribution is 0.656. The van der Waals surface area contributed by atoms with Crippen LogP contribution in [0.1, 0.15) is 4.88 Å². The second kappa shape index (κ2) is 4.57. The quantitative estimate of drug-likeness (QED) is 0.628.